The number of aryl methyl sites for hydroxylation is 1. The van der Waals surface area contributed by atoms with Crippen molar-refractivity contribution in [1.29, 1.82) is 0 Å². The van der Waals surface area contributed by atoms with Crippen LogP contribution in [-0.2, 0) is 0 Å². The maximum Gasteiger partial charge on any atom is 0.295 e. The van der Waals surface area contributed by atoms with E-state index in [0.29, 0.717) is 30.6 Å². The minimum Gasteiger partial charge on any atom is -0.379 e. The van der Waals surface area contributed by atoms with Crippen LogP contribution in [0.3, 0.4) is 0 Å². The van der Waals surface area contributed by atoms with Gasteiger partial charge in [-0.05, 0) is 25.0 Å². The summed E-state index contributed by atoms with van der Waals surface area (Å²) in [6, 6.07) is 2.36. The van der Waals surface area contributed by atoms with Gasteiger partial charge < -0.3 is 5.32 Å². The Hall–Kier alpha value is -2.09. The number of hydrogen-bond donors (Lipinski definition) is 1. The van der Waals surface area contributed by atoms with Gasteiger partial charge in [-0.25, -0.2) is 4.39 Å². The Balaban J connectivity index is 2.86. The molecule has 0 spiro atoms. The van der Waals surface area contributed by atoms with E-state index in [9.17, 15) is 14.5 Å². The molecule has 4 nitrogen and oxygen atoms in total. The molecule has 0 aliphatic rings. The summed E-state index contributed by atoms with van der Waals surface area (Å²) in [4.78, 5) is 10.1. The molecule has 0 heterocycles. The van der Waals surface area contributed by atoms with E-state index in [-0.39, 0.29) is 5.69 Å². The maximum absolute atomic E-state index is 13.2. The second-order valence-corrected chi connectivity index (χ2v) is 3.61. The molecule has 0 saturated heterocycles. The standard InChI is InChI=1S/C12H13FN2O2/c1-3-4-5-6-14-11-7-9(2)10(13)8-12(11)15(16)17/h1,7-8,14H,4-6H2,2H3. The summed E-state index contributed by atoms with van der Waals surface area (Å²) in [5.74, 6) is 1.90. The van der Waals surface area contributed by atoms with Gasteiger partial charge in [-0.3, -0.25) is 10.1 Å². The molecule has 5 heteroatoms. The van der Waals surface area contributed by atoms with Gasteiger partial charge in [0.05, 0.1) is 11.0 Å². The minimum atomic E-state index is -0.605. The lowest BCUT2D eigenvalue weighted by molar-refractivity contribution is -0.384. The van der Waals surface area contributed by atoms with Crippen LogP contribution in [0.5, 0.6) is 0 Å². The van der Waals surface area contributed by atoms with Crippen molar-refractivity contribution < 1.29 is 9.31 Å². The van der Waals surface area contributed by atoms with E-state index in [0.717, 1.165) is 6.07 Å². The van der Waals surface area contributed by atoms with Crippen LogP contribution in [0.25, 0.3) is 0 Å². The predicted octanol–water partition coefficient (Wildman–Crippen LogP) is 2.87. The Labute approximate surface area is 99.0 Å². The highest BCUT2D eigenvalue weighted by atomic mass is 19.1. The molecular formula is C12H13FN2O2. The van der Waals surface area contributed by atoms with Crippen molar-refractivity contribution in [3.8, 4) is 12.3 Å². The molecule has 0 radical (unpaired) electrons. The van der Waals surface area contributed by atoms with Gasteiger partial charge in [0.15, 0.2) is 0 Å². The van der Waals surface area contributed by atoms with Crippen molar-refractivity contribution in [2.45, 2.75) is 19.8 Å². The van der Waals surface area contributed by atoms with Crippen molar-refractivity contribution in [2.24, 2.45) is 0 Å². The van der Waals surface area contributed by atoms with E-state index in [1.165, 1.54) is 6.07 Å². The molecular weight excluding hydrogens is 223 g/mol. The van der Waals surface area contributed by atoms with Gasteiger partial charge in [-0.2, -0.15) is 0 Å². The SMILES string of the molecule is C#CCCCNc1cc(C)c(F)cc1[N+](=O)[O-]. The second-order valence-electron chi connectivity index (χ2n) is 3.61. The lowest BCUT2D eigenvalue weighted by Crippen LogP contribution is -2.05. The Morgan fingerprint density at radius 2 is 2.29 bits per heavy atom. The number of anilines is 1. The lowest BCUT2D eigenvalue weighted by Gasteiger charge is -2.07. The molecule has 0 saturated carbocycles. The number of nitrogens with zero attached hydrogens (tertiary/aromatic N) is 1. The first-order valence-corrected chi connectivity index (χ1v) is 5.18. The topological polar surface area (TPSA) is 55.2 Å². The normalized spacial score (nSPS) is 9.71. The lowest BCUT2D eigenvalue weighted by atomic mass is 10.1. The zero-order valence-electron chi connectivity index (χ0n) is 9.50. The molecule has 0 unspecified atom stereocenters. The second kappa shape index (κ2) is 5.85. The van der Waals surface area contributed by atoms with Crippen molar-refractivity contribution >= 4 is 11.4 Å². The Morgan fingerprint density at radius 1 is 1.59 bits per heavy atom. The largest absolute Gasteiger partial charge is 0.379 e. The summed E-state index contributed by atoms with van der Waals surface area (Å²) in [5, 5.41) is 13.6. The third-order valence-electron chi connectivity index (χ3n) is 2.29. The number of benzene rings is 1. The smallest absolute Gasteiger partial charge is 0.295 e. The van der Waals surface area contributed by atoms with Gasteiger partial charge in [-0.15, -0.1) is 12.3 Å². The molecule has 0 aliphatic carbocycles. The van der Waals surface area contributed by atoms with Crippen LogP contribution in [0.15, 0.2) is 12.1 Å². The molecule has 17 heavy (non-hydrogen) atoms. The van der Waals surface area contributed by atoms with Crippen molar-refractivity contribution in [1.82, 2.24) is 0 Å². The molecule has 0 aliphatic heterocycles. The minimum absolute atomic E-state index is 0.256. The summed E-state index contributed by atoms with van der Waals surface area (Å²) in [6.07, 6.45) is 6.41. The maximum atomic E-state index is 13.2. The van der Waals surface area contributed by atoms with Crippen molar-refractivity contribution in [3.05, 3.63) is 33.6 Å². The van der Waals surface area contributed by atoms with Crippen LogP contribution in [0.2, 0.25) is 0 Å². The first-order chi connectivity index (χ1) is 8.06. The van der Waals surface area contributed by atoms with Gasteiger partial charge in [-0.1, -0.05) is 0 Å². The van der Waals surface area contributed by atoms with E-state index in [1.807, 2.05) is 0 Å². The van der Waals surface area contributed by atoms with Crippen LogP contribution in [0.4, 0.5) is 15.8 Å². The summed E-state index contributed by atoms with van der Waals surface area (Å²) in [7, 11) is 0. The summed E-state index contributed by atoms with van der Waals surface area (Å²) in [5.41, 5.74) is 0.440. The molecule has 0 fully saturated rings. The quantitative estimate of drug-likeness (QED) is 0.370. The summed E-state index contributed by atoms with van der Waals surface area (Å²) >= 11 is 0. The van der Waals surface area contributed by atoms with Gasteiger partial charge in [0.25, 0.3) is 5.69 Å². The van der Waals surface area contributed by atoms with Crippen molar-refractivity contribution in [3.63, 3.8) is 0 Å². The Kier molecular flexibility index (Phi) is 4.46. The molecule has 1 rings (SSSR count). The number of nitrogens with one attached hydrogen (secondary N) is 1. The molecule has 1 N–H and O–H groups in total. The van der Waals surface area contributed by atoms with Crippen LogP contribution < -0.4 is 5.32 Å². The van der Waals surface area contributed by atoms with Gasteiger partial charge in [0, 0.05) is 13.0 Å². The van der Waals surface area contributed by atoms with Crippen molar-refractivity contribution in [2.75, 3.05) is 11.9 Å². The molecule has 1 aromatic carbocycles. The predicted molar refractivity (Wildman–Crippen MR) is 64.3 cm³/mol. The van der Waals surface area contributed by atoms with Crippen LogP contribution in [-0.4, -0.2) is 11.5 Å². The Bertz CT molecular complexity index is 466. The summed E-state index contributed by atoms with van der Waals surface area (Å²) < 4.78 is 13.2. The number of rotatable bonds is 5. The highest BCUT2D eigenvalue weighted by molar-refractivity contribution is 5.63. The fourth-order valence-electron chi connectivity index (χ4n) is 1.38. The van der Waals surface area contributed by atoms with Crippen LogP contribution in [0, 0.1) is 35.2 Å². The van der Waals surface area contributed by atoms with Gasteiger partial charge >= 0.3 is 0 Å². The highest BCUT2D eigenvalue weighted by Crippen LogP contribution is 2.27. The fourth-order valence-corrected chi connectivity index (χ4v) is 1.38. The molecule has 1 aromatic rings. The van der Waals surface area contributed by atoms with E-state index >= 15 is 0 Å². The summed E-state index contributed by atoms with van der Waals surface area (Å²) in [6.45, 7) is 2.09. The van der Waals surface area contributed by atoms with Crippen LogP contribution >= 0.6 is 0 Å². The van der Waals surface area contributed by atoms with Crippen LogP contribution in [0.1, 0.15) is 18.4 Å². The third kappa shape index (κ3) is 3.45. The number of halogens is 1. The average Bonchev–Trinajstić information content (AvgIpc) is 2.28. The third-order valence-corrected chi connectivity index (χ3v) is 2.29. The Morgan fingerprint density at radius 3 is 2.88 bits per heavy atom. The van der Waals surface area contributed by atoms with Gasteiger partial charge in [0.1, 0.15) is 11.5 Å². The number of hydrogen-bond acceptors (Lipinski definition) is 3. The number of nitro benzene ring substituents is 1. The van der Waals surface area contributed by atoms with Gasteiger partial charge in [0.2, 0.25) is 0 Å². The van der Waals surface area contributed by atoms with E-state index in [2.05, 4.69) is 11.2 Å². The number of nitro groups is 1. The molecule has 90 valence electrons. The number of terminal acetylenes is 1. The molecule has 0 atom stereocenters. The fraction of sp³-hybridized carbons (Fsp3) is 0.333. The average molecular weight is 236 g/mol. The first-order valence-electron chi connectivity index (χ1n) is 5.18. The van der Waals surface area contributed by atoms with E-state index < -0.39 is 10.7 Å². The first kappa shape index (κ1) is 13.0. The molecule has 0 amide bonds. The zero-order valence-corrected chi connectivity index (χ0v) is 9.50. The highest BCUT2D eigenvalue weighted by Gasteiger charge is 2.16. The number of unbranched alkanes of at least 4 members (excludes halogenated alkanes) is 1. The zero-order chi connectivity index (χ0) is 12.8. The molecule has 0 bridgehead atoms. The molecule has 0 aromatic heterocycles. The monoisotopic (exact) mass is 236 g/mol. The van der Waals surface area contributed by atoms with E-state index in [4.69, 9.17) is 6.42 Å². The van der Waals surface area contributed by atoms with E-state index in [1.54, 1.807) is 6.92 Å².